The molecule has 0 aromatic heterocycles. The number of amides is 1. The number of benzene rings is 2. The molecule has 0 fully saturated rings. The SMILES string of the molecule is CCC(C)NS(=O)(=O)c1cccc(C(=O)Nc2ccccc2F)c1. The van der Waals surface area contributed by atoms with Crippen LogP contribution < -0.4 is 10.0 Å². The molecule has 2 aromatic carbocycles. The van der Waals surface area contributed by atoms with E-state index < -0.39 is 21.7 Å². The van der Waals surface area contributed by atoms with Gasteiger partial charge in [-0.05, 0) is 43.7 Å². The third-order valence-electron chi connectivity index (χ3n) is 3.50. The molecule has 5 nitrogen and oxygen atoms in total. The molecule has 0 aliphatic rings. The second-order valence-corrected chi connectivity index (χ2v) is 7.11. The van der Waals surface area contributed by atoms with Crippen LogP contribution >= 0.6 is 0 Å². The molecule has 24 heavy (non-hydrogen) atoms. The maximum absolute atomic E-state index is 13.6. The predicted molar refractivity (Wildman–Crippen MR) is 90.9 cm³/mol. The quantitative estimate of drug-likeness (QED) is 0.840. The molecule has 1 unspecified atom stereocenters. The fourth-order valence-corrected chi connectivity index (χ4v) is 3.35. The van der Waals surface area contributed by atoms with Crippen molar-refractivity contribution >= 4 is 21.6 Å². The zero-order valence-corrected chi connectivity index (χ0v) is 14.2. The van der Waals surface area contributed by atoms with Crippen molar-refractivity contribution in [3.05, 3.63) is 59.9 Å². The lowest BCUT2D eigenvalue weighted by Gasteiger charge is -2.13. The van der Waals surface area contributed by atoms with Gasteiger partial charge in [-0.15, -0.1) is 0 Å². The lowest BCUT2D eigenvalue weighted by Crippen LogP contribution is -2.32. The molecule has 0 aliphatic carbocycles. The first kappa shape index (κ1) is 18.1. The Morgan fingerprint density at radius 2 is 1.88 bits per heavy atom. The average Bonchev–Trinajstić information content (AvgIpc) is 2.56. The zero-order valence-electron chi connectivity index (χ0n) is 13.4. The highest BCUT2D eigenvalue weighted by atomic mass is 32.2. The van der Waals surface area contributed by atoms with Crippen LogP contribution in [0.25, 0.3) is 0 Å². The van der Waals surface area contributed by atoms with E-state index >= 15 is 0 Å². The summed E-state index contributed by atoms with van der Waals surface area (Å²) in [6.45, 7) is 3.62. The molecule has 0 saturated carbocycles. The number of carbonyl (C=O) groups is 1. The standard InChI is InChI=1S/C17H19FN2O3S/c1-3-12(2)20-24(22,23)14-8-6-7-13(11-14)17(21)19-16-10-5-4-9-15(16)18/h4-12,20H,3H2,1-2H3,(H,19,21). The molecular formula is C17H19FN2O3S. The van der Waals surface area contributed by atoms with Gasteiger partial charge < -0.3 is 5.32 Å². The summed E-state index contributed by atoms with van der Waals surface area (Å²) < 4.78 is 40.7. The van der Waals surface area contributed by atoms with Crippen LogP contribution in [-0.2, 0) is 10.0 Å². The Kier molecular flexibility index (Phi) is 5.69. The first-order valence-corrected chi connectivity index (χ1v) is 9.00. The van der Waals surface area contributed by atoms with Gasteiger partial charge in [0.05, 0.1) is 10.6 Å². The van der Waals surface area contributed by atoms with Crippen molar-refractivity contribution in [3.63, 3.8) is 0 Å². The van der Waals surface area contributed by atoms with Crippen LogP contribution in [0.4, 0.5) is 10.1 Å². The molecule has 0 heterocycles. The van der Waals surface area contributed by atoms with Crippen LogP contribution in [0.15, 0.2) is 53.4 Å². The van der Waals surface area contributed by atoms with Gasteiger partial charge in [-0.2, -0.15) is 0 Å². The van der Waals surface area contributed by atoms with E-state index in [0.29, 0.717) is 6.42 Å². The Morgan fingerprint density at radius 1 is 1.17 bits per heavy atom. The molecule has 7 heteroatoms. The van der Waals surface area contributed by atoms with E-state index in [1.54, 1.807) is 13.0 Å². The minimum atomic E-state index is -3.71. The Bertz CT molecular complexity index is 837. The summed E-state index contributed by atoms with van der Waals surface area (Å²) in [7, 11) is -3.71. The minimum absolute atomic E-state index is 0.0102. The number of para-hydroxylation sites is 1. The highest BCUT2D eigenvalue weighted by molar-refractivity contribution is 7.89. The Labute approximate surface area is 141 Å². The van der Waals surface area contributed by atoms with Crippen molar-refractivity contribution < 1.29 is 17.6 Å². The van der Waals surface area contributed by atoms with Crippen LogP contribution in [0.5, 0.6) is 0 Å². The molecule has 0 radical (unpaired) electrons. The third-order valence-corrected chi connectivity index (χ3v) is 5.08. The van der Waals surface area contributed by atoms with E-state index in [9.17, 15) is 17.6 Å². The van der Waals surface area contributed by atoms with Gasteiger partial charge in [0.1, 0.15) is 5.82 Å². The molecule has 1 amide bonds. The van der Waals surface area contributed by atoms with Crippen LogP contribution in [0, 0.1) is 5.82 Å². The fourth-order valence-electron chi connectivity index (χ4n) is 1.98. The smallest absolute Gasteiger partial charge is 0.255 e. The van der Waals surface area contributed by atoms with Gasteiger partial charge in [-0.1, -0.05) is 25.1 Å². The number of hydrogen-bond acceptors (Lipinski definition) is 3. The van der Waals surface area contributed by atoms with Crippen LogP contribution in [0.1, 0.15) is 30.6 Å². The third kappa shape index (κ3) is 4.39. The summed E-state index contributed by atoms with van der Waals surface area (Å²) in [6, 6.07) is 11.2. The summed E-state index contributed by atoms with van der Waals surface area (Å²) in [5.41, 5.74) is 0.166. The number of hydrogen-bond donors (Lipinski definition) is 2. The van der Waals surface area contributed by atoms with Gasteiger partial charge in [-0.3, -0.25) is 4.79 Å². The highest BCUT2D eigenvalue weighted by Crippen LogP contribution is 2.16. The van der Waals surface area contributed by atoms with Crippen molar-refractivity contribution in [1.82, 2.24) is 4.72 Å². The van der Waals surface area contributed by atoms with E-state index in [4.69, 9.17) is 0 Å². The van der Waals surface area contributed by atoms with Crippen molar-refractivity contribution in [2.24, 2.45) is 0 Å². The van der Waals surface area contributed by atoms with E-state index in [2.05, 4.69) is 10.0 Å². The number of carbonyl (C=O) groups excluding carboxylic acids is 1. The number of nitrogens with one attached hydrogen (secondary N) is 2. The first-order chi connectivity index (χ1) is 11.3. The van der Waals surface area contributed by atoms with Crippen molar-refractivity contribution in [1.29, 1.82) is 0 Å². The summed E-state index contributed by atoms with van der Waals surface area (Å²) in [5, 5.41) is 2.43. The number of halogens is 1. The molecule has 0 spiro atoms. The second-order valence-electron chi connectivity index (χ2n) is 5.39. The highest BCUT2D eigenvalue weighted by Gasteiger charge is 2.18. The molecule has 2 rings (SSSR count). The molecule has 0 aliphatic heterocycles. The van der Waals surface area contributed by atoms with E-state index in [-0.39, 0.29) is 22.2 Å². The molecule has 2 aromatic rings. The van der Waals surface area contributed by atoms with Gasteiger partial charge >= 0.3 is 0 Å². The van der Waals surface area contributed by atoms with Gasteiger partial charge in [0.2, 0.25) is 10.0 Å². The monoisotopic (exact) mass is 350 g/mol. The Morgan fingerprint density at radius 3 is 2.54 bits per heavy atom. The predicted octanol–water partition coefficient (Wildman–Crippen LogP) is 3.15. The number of rotatable bonds is 6. The van der Waals surface area contributed by atoms with Gasteiger partial charge in [-0.25, -0.2) is 17.5 Å². The zero-order chi connectivity index (χ0) is 17.7. The fraction of sp³-hybridized carbons (Fsp3) is 0.235. The molecular weight excluding hydrogens is 331 g/mol. The summed E-state index contributed by atoms with van der Waals surface area (Å²) in [6.07, 6.45) is 0.646. The molecule has 2 N–H and O–H groups in total. The molecule has 128 valence electrons. The average molecular weight is 350 g/mol. The lowest BCUT2D eigenvalue weighted by atomic mass is 10.2. The lowest BCUT2D eigenvalue weighted by molar-refractivity contribution is 0.102. The molecule has 0 saturated heterocycles. The van der Waals surface area contributed by atoms with Crippen molar-refractivity contribution in [2.75, 3.05) is 5.32 Å². The van der Waals surface area contributed by atoms with Crippen LogP contribution in [-0.4, -0.2) is 20.4 Å². The Hall–Kier alpha value is -2.25. The first-order valence-electron chi connectivity index (χ1n) is 7.51. The van der Waals surface area contributed by atoms with Gasteiger partial charge in [0.15, 0.2) is 0 Å². The molecule has 1 atom stereocenters. The summed E-state index contributed by atoms with van der Waals surface area (Å²) in [5.74, 6) is -1.14. The normalized spacial score (nSPS) is 12.6. The summed E-state index contributed by atoms with van der Waals surface area (Å²) >= 11 is 0. The molecule has 0 bridgehead atoms. The van der Waals surface area contributed by atoms with Crippen molar-refractivity contribution in [2.45, 2.75) is 31.2 Å². The van der Waals surface area contributed by atoms with Crippen molar-refractivity contribution in [3.8, 4) is 0 Å². The van der Waals surface area contributed by atoms with Gasteiger partial charge in [0, 0.05) is 11.6 Å². The maximum Gasteiger partial charge on any atom is 0.255 e. The number of sulfonamides is 1. The largest absolute Gasteiger partial charge is 0.319 e. The number of anilines is 1. The summed E-state index contributed by atoms with van der Waals surface area (Å²) in [4.78, 5) is 12.2. The van der Waals surface area contributed by atoms with Gasteiger partial charge in [0.25, 0.3) is 5.91 Å². The maximum atomic E-state index is 13.6. The van der Waals surface area contributed by atoms with E-state index in [1.165, 1.54) is 42.5 Å². The topological polar surface area (TPSA) is 75.3 Å². The van der Waals surface area contributed by atoms with E-state index in [0.717, 1.165) is 0 Å². The Balaban J connectivity index is 2.24. The van der Waals surface area contributed by atoms with Crippen LogP contribution in [0.2, 0.25) is 0 Å². The van der Waals surface area contributed by atoms with E-state index in [1.807, 2.05) is 6.92 Å². The van der Waals surface area contributed by atoms with Crippen LogP contribution in [0.3, 0.4) is 0 Å². The minimum Gasteiger partial charge on any atom is -0.319 e. The second kappa shape index (κ2) is 7.55.